The Morgan fingerprint density at radius 1 is 1.26 bits per heavy atom. The van der Waals surface area contributed by atoms with Gasteiger partial charge in [-0.1, -0.05) is 0 Å². The number of rotatable bonds is 5. The predicted octanol–water partition coefficient (Wildman–Crippen LogP) is 2.58. The molecule has 1 atom stereocenters. The molecule has 19 heavy (non-hydrogen) atoms. The lowest BCUT2D eigenvalue weighted by atomic mass is 10.3. The number of benzene rings is 1. The summed E-state index contributed by atoms with van der Waals surface area (Å²) in [6.45, 7) is 0. The molecule has 102 valence electrons. The summed E-state index contributed by atoms with van der Waals surface area (Å²) in [6, 6.07) is 9.82. The van der Waals surface area contributed by atoms with Gasteiger partial charge in [-0.25, -0.2) is 0 Å². The smallest absolute Gasteiger partial charge is 0.355 e. The maximum absolute atomic E-state index is 11.5. The molecular formula is C12H14NO5P. The SMILES string of the molecule is COc1ccc(NC(c2ccco2)P(=O)(O)O)cc1. The quantitative estimate of drug-likeness (QED) is 0.730. The zero-order valence-corrected chi connectivity index (χ0v) is 11.1. The normalized spacial score (nSPS) is 13.0. The molecule has 0 amide bonds. The molecular weight excluding hydrogens is 269 g/mol. The van der Waals surface area contributed by atoms with Gasteiger partial charge in [-0.05, 0) is 36.4 Å². The van der Waals surface area contributed by atoms with Crippen LogP contribution in [0.15, 0.2) is 47.1 Å². The van der Waals surface area contributed by atoms with Crippen LogP contribution in [0.25, 0.3) is 0 Å². The van der Waals surface area contributed by atoms with Crippen LogP contribution < -0.4 is 10.1 Å². The van der Waals surface area contributed by atoms with Crippen molar-refractivity contribution in [3.05, 3.63) is 48.4 Å². The molecule has 2 rings (SSSR count). The zero-order valence-electron chi connectivity index (χ0n) is 10.2. The fraction of sp³-hybridized carbons (Fsp3) is 0.167. The van der Waals surface area contributed by atoms with E-state index in [-0.39, 0.29) is 5.76 Å². The van der Waals surface area contributed by atoms with Gasteiger partial charge in [0.1, 0.15) is 11.5 Å². The Morgan fingerprint density at radius 2 is 1.95 bits per heavy atom. The first-order valence-corrected chi connectivity index (χ1v) is 7.18. The first-order chi connectivity index (χ1) is 9.00. The van der Waals surface area contributed by atoms with E-state index in [1.165, 1.54) is 12.3 Å². The molecule has 1 aromatic heterocycles. The van der Waals surface area contributed by atoms with E-state index in [2.05, 4.69) is 5.32 Å². The lowest BCUT2D eigenvalue weighted by Gasteiger charge is -2.19. The lowest BCUT2D eigenvalue weighted by molar-refractivity contribution is 0.354. The van der Waals surface area contributed by atoms with Gasteiger partial charge in [0.2, 0.25) is 0 Å². The monoisotopic (exact) mass is 283 g/mol. The van der Waals surface area contributed by atoms with Gasteiger partial charge in [0.25, 0.3) is 0 Å². The first kappa shape index (κ1) is 13.7. The van der Waals surface area contributed by atoms with E-state index in [0.717, 1.165) is 0 Å². The van der Waals surface area contributed by atoms with Crippen molar-refractivity contribution in [1.29, 1.82) is 0 Å². The van der Waals surface area contributed by atoms with Crippen LogP contribution in [-0.2, 0) is 4.57 Å². The molecule has 3 N–H and O–H groups in total. The minimum atomic E-state index is -4.38. The van der Waals surface area contributed by atoms with E-state index in [0.29, 0.717) is 11.4 Å². The predicted molar refractivity (Wildman–Crippen MR) is 70.1 cm³/mol. The first-order valence-electron chi connectivity index (χ1n) is 5.50. The highest BCUT2D eigenvalue weighted by atomic mass is 31.2. The molecule has 6 nitrogen and oxygen atoms in total. The molecule has 0 aliphatic heterocycles. The summed E-state index contributed by atoms with van der Waals surface area (Å²) in [5, 5.41) is 2.76. The Hall–Kier alpha value is -1.75. The van der Waals surface area contributed by atoms with E-state index >= 15 is 0 Å². The van der Waals surface area contributed by atoms with Crippen LogP contribution in [-0.4, -0.2) is 16.9 Å². The molecule has 0 saturated heterocycles. The maximum Gasteiger partial charge on any atom is 0.355 e. The van der Waals surface area contributed by atoms with E-state index in [1.807, 2.05) is 0 Å². The summed E-state index contributed by atoms with van der Waals surface area (Å²) in [6.07, 6.45) is 1.37. The Bertz CT molecular complexity index is 560. The lowest BCUT2D eigenvalue weighted by Crippen LogP contribution is -2.10. The van der Waals surface area contributed by atoms with Crippen molar-refractivity contribution in [2.24, 2.45) is 0 Å². The van der Waals surface area contributed by atoms with Gasteiger partial charge >= 0.3 is 7.60 Å². The summed E-state index contributed by atoms with van der Waals surface area (Å²) >= 11 is 0. The Labute approximate surface area is 110 Å². The van der Waals surface area contributed by atoms with Crippen molar-refractivity contribution in [3.8, 4) is 5.75 Å². The third-order valence-electron chi connectivity index (χ3n) is 2.54. The van der Waals surface area contributed by atoms with Gasteiger partial charge in [-0.2, -0.15) is 0 Å². The number of hydrogen-bond donors (Lipinski definition) is 3. The number of ether oxygens (including phenoxy) is 1. The highest BCUT2D eigenvalue weighted by Gasteiger charge is 2.32. The molecule has 0 aliphatic rings. The van der Waals surface area contributed by atoms with Crippen LogP contribution in [0.5, 0.6) is 5.75 Å². The van der Waals surface area contributed by atoms with Gasteiger partial charge in [0.15, 0.2) is 5.78 Å². The molecule has 7 heteroatoms. The van der Waals surface area contributed by atoms with Gasteiger partial charge in [-0.15, -0.1) is 0 Å². The Balaban J connectivity index is 2.23. The molecule has 1 aromatic carbocycles. The van der Waals surface area contributed by atoms with Crippen molar-refractivity contribution >= 4 is 13.3 Å². The van der Waals surface area contributed by atoms with Crippen molar-refractivity contribution in [2.45, 2.75) is 5.78 Å². The molecule has 1 unspecified atom stereocenters. The van der Waals surface area contributed by atoms with E-state index in [1.54, 1.807) is 37.4 Å². The maximum atomic E-state index is 11.5. The molecule has 2 aromatic rings. The van der Waals surface area contributed by atoms with Gasteiger partial charge in [0, 0.05) is 5.69 Å². The summed E-state index contributed by atoms with van der Waals surface area (Å²) in [7, 11) is -2.84. The van der Waals surface area contributed by atoms with Gasteiger partial charge < -0.3 is 24.3 Å². The van der Waals surface area contributed by atoms with Crippen LogP contribution in [0.4, 0.5) is 5.69 Å². The molecule has 0 bridgehead atoms. The second kappa shape index (κ2) is 5.48. The second-order valence-electron chi connectivity index (χ2n) is 3.88. The number of hydrogen-bond acceptors (Lipinski definition) is 4. The van der Waals surface area contributed by atoms with Crippen LogP contribution in [0.1, 0.15) is 11.5 Å². The Kier molecular flexibility index (Phi) is 3.95. The minimum Gasteiger partial charge on any atom is -0.497 e. The number of anilines is 1. The second-order valence-corrected chi connectivity index (χ2v) is 5.57. The summed E-state index contributed by atoms with van der Waals surface area (Å²) in [5.41, 5.74) is 0.561. The Morgan fingerprint density at radius 3 is 2.42 bits per heavy atom. The van der Waals surface area contributed by atoms with E-state index < -0.39 is 13.4 Å². The molecule has 0 saturated carbocycles. The number of methoxy groups -OCH3 is 1. The standard InChI is InChI=1S/C12H14NO5P/c1-17-10-6-4-9(5-7-10)13-12(19(14,15)16)11-3-2-8-18-11/h2-8,12-13H,1H3,(H2,14,15,16). The molecule has 1 heterocycles. The molecule has 0 aliphatic carbocycles. The zero-order chi connectivity index (χ0) is 13.9. The van der Waals surface area contributed by atoms with Gasteiger partial charge in [0.05, 0.1) is 13.4 Å². The van der Waals surface area contributed by atoms with Crippen LogP contribution in [0.3, 0.4) is 0 Å². The summed E-state index contributed by atoms with van der Waals surface area (Å²) < 4.78 is 21.6. The highest BCUT2D eigenvalue weighted by molar-refractivity contribution is 7.52. The molecule has 0 fully saturated rings. The largest absolute Gasteiger partial charge is 0.497 e. The molecule has 0 radical (unpaired) electrons. The van der Waals surface area contributed by atoms with Crippen molar-refractivity contribution in [2.75, 3.05) is 12.4 Å². The fourth-order valence-corrected chi connectivity index (χ4v) is 2.41. The third-order valence-corrected chi connectivity index (χ3v) is 3.60. The van der Waals surface area contributed by atoms with Crippen molar-refractivity contribution in [1.82, 2.24) is 0 Å². The third kappa shape index (κ3) is 3.38. The van der Waals surface area contributed by atoms with Crippen molar-refractivity contribution < 1.29 is 23.5 Å². The average Bonchev–Trinajstić information content (AvgIpc) is 2.88. The average molecular weight is 283 g/mol. The molecule has 0 spiro atoms. The minimum absolute atomic E-state index is 0.184. The topological polar surface area (TPSA) is 91.9 Å². The summed E-state index contributed by atoms with van der Waals surface area (Å²) in [5.74, 6) is -0.365. The fourth-order valence-electron chi connectivity index (χ4n) is 1.61. The van der Waals surface area contributed by atoms with Crippen LogP contribution in [0.2, 0.25) is 0 Å². The summed E-state index contributed by atoms with van der Waals surface area (Å²) in [4.78, 5) is 18.8. The van der Waals surface area contributed by atoms with E-state index in [9.17, 15) is 14.4 Å². The number of nitrogens with one attached hydrogen (secondary N) is 1. The van der Waals surface area contributed by atoms with E-state index in [4.69, 9.17) is 9.15 Å². The van der Waals surface area contributed by atoms with Crippen LogP contribution >= 0.6 is 7.60 Å². The van der Waals surface area contributed by atoms with Gasteiger partial charge in [-0.3, -0.25) is 4.57 Å². The highest BCUT2D eigenvalue weighted by Crippen LogP contribution is 2.51. The number of furan rings is 1. The van der Waals surface area contributed by atoms with Crippen LogP contribution in [0, 0.1) is 0 Å². The van der Waals surface area contributed by atoms with Crippen molar-refractivity contribution in [3.63, 3.8) is 0 Å².